The average molecular weight is 629 g/mol. The molecular weight excluding hydrogens is 602 g/mol. The first kappa shape index (κ1) is 24.4. The van der Waals surface area contributed by atoms with Crippen molar-refractivity contribution in [2.75, 3.05) is 0 Å². The molecule has 3 aromatic carbocycles. The van der Waals surface area contributed by atoms with E-state index in [9.17, 15) is 0 Å². The van der Waals surface area contributed by atoms with E-state index in [2.05, 4.69) is 111 Å². The molecule has 0 aromatic heterocycles. The summed E-state index contributed by atoms with van der Waals surface area (Å²) in [4.78, 5) is 0. The molecule has 2 aliphatic carbocycles. The molecule has 0 aliphatic heterocycles. The summed E-state index contributed by atoms with van der Waals surface area (Å²) >= 11 is -2.24. The molecule has 3 unspecified atom stereocenters. The molecule has 0 radical (unpaired) electrons. The van der Waals surface area contributed by atoms with Gasteiger partial charge in [0.2, 0.25) is 0 Å². The van der Waals surface area contributed by atoms with Crippen LogP contribution in [-0.2, 0) is 20.6 Å². The van der Waals surface area contributed by atoms with Crippen molar-refractivity contribution < 1.29 is 45.4 Å². The first-order valence-electron chi connectivity index (χ1n) is 10.6. The van der Waals surface area contributed by atoms with Gasteiger partial charge in [-0.1, -0.05) is 0 Å². The molecule has 5 rings (SSSR count). The third kappa shape index (κ3) is 4.37. The molecule has 0 nitrogen and oxygen atoms in total. The minimum absolute atomic E-state index is 0. The number of benzene rings is 3. The van der Waals surface area contributed by atoms with Crippen LogP contribution in [0.25, 0.3) is 12.2 Å². The topological polar surface area (TPSA) is 0 Å². The van der Waals surface area contributed by atoms with E-state index in [1.165, 1.54) is 11.1 Å². The Labute approximate surface area is 207 Å². The van der Waals surface area contributed by atoms with E-state index in [0.717, 1.165) is 7.35 Å². The normalized spacial score (nSPS) is 19.2. The van der Waals surface area contributed by atoms with Gasteiger partial charge in [-0.25, -0.2) is 0 Å². The Balaban J connectivity index is 0.00000136. The minimum Gasteiger partial charge on any atom is -1.00 e. The van der Waals surface area contributed by atoms with Gasteiger partial charge >= 0.3 is 184 Å². The summed E-state index contributed by atoms with van der Waals surface area (Å²) in [6.07, 6.45) is 4.97. The standard InChI is InChI=1S/2C10H9.C7H9Si.2ClH.Hf/c2*1-8-6-9-4-2-3-5-10(9)7-8;1-8-7-5-3-2-4-6-7;;;/h2*2-7H,1H3;2-6,8H,1H3;2*1H;/q;;;;;+2/p-2. The Morgan fingerprint density at radius 1 is 0.613 bits per heavy atom. The van der Waals surface area contributed by atoms with Crippen LogP contribution in [0.3, 0.4) is 0 Å². The maximum Gasteiger partial charge on any atom is -1.00 e. The van der Waals surface area contributed by atoms with Gasteiger partial charge in [-0.2, -0.15) is 0 Å². The molecule has 31 heavy (non-hydrogen) atoms. The second kappa shape index (κ2) is 10.2. The van der Waals surface area contributed by atoms with Gasteiger partial charge in [-0.15, -0.1) is 0 Å². The van der Waals surface area contributed by atoms with Crippen molar-refractivity contribution >= 4 is 23.3 Å². The molecule has 0 spiro atoms. The molecule has 157 valence electrons. The zero-order chi connectivity index (χ0) is 20.0. The quantitative estimate of drug-likeness (QED) is 0.362. The third-order valence-electron chi connectivity index (χ3n) is 6.76. The van der Waals surface area contributed by atoms with Crippen molar-refractivity contribution in [3.63, 3.8) is 0 Å². The van der Waals surface area contributed by atoms with Gasteiger partial charge in [-0.05, 0) is 0 Å². The summed E-state index contributed by atoms with van der Waals surface area (Å²) < 4.78 is 1.44. The molecule has 0 bridgehead atoms. The minimum atomic E-state index is -2.24. The number of hydrogen-bond acceptors (Lipinski definition) is 0. The summed E-state index contributed by atoms with van der Waals surface area (Å²) in [6.45, 7) is 7.47. The largest absolute Gasteiger partial charge is 1.00 e. The number of rotatable bonds is 4. The van der Waals surface area contributed by atoms with Crippen LogP contribution in [0.2, 0.25) is 6.55 Å². The summed E-state index contributed by atoms with van der Waals surface area (Å²) in [5.41, 5.74) is 9.44. The van der Waals surface area contributed by atoms with Crippen LogP contribution in [0.4, 0.5) is 0 Å². The van der Waals surface area contributed by atoms with Crippen molar-refractivity contribution in [3.8, 4) is 0 Å². The molecule has 2 aliphatic rings. The zero-order valence-electron chi connectivity index (χ0n) is 18.1. The first-order valence-corrected chi connectivity index (χ1v) is 23.3. The molecule has 3 aromatic rings. The summed E-state index contributed by atoms with van der Waals surface area (Å²) in [5, 5.41) is 1.67. The molecule has 0 amide bonds. The van der Waals surface area contributed by atoms with Crippen LogP contribution in [-0.4, -0.2) is 5.98 Å². The van der Waals surface area contributed by atoms with E-state index in [1.807, 2.05) is 0 Å². The van der Waals surface area contributed by atoms with Crippen LogP contribution in [0.1, 0.15) is 43.5 Å². The Morgan fingerprint density at radius 3 is 1.52 bits per heavy atom. The van der Waals surface area contributed by atoms with Crippen LogP contribution in [0.15, 0.2) is 90.0 Å². The van der Waals surface area contributed by atoms with E-state index < -0.39 is 26.6 Å². The van der Waals surface area contributed by atoms with Crippen molar-refractivity contribution in [3.05, 3.63) is 112 Å². The monoisotopic (exact) mass is 629 g/mol. The summed E-state index contributed by atoms with van der Waals surface area (Å²) in [5.74, 6) is -1.05. The number of hydrogen-bond donors (Lipinski definition) is 0. The predicted octanol–water partition coefficient (Wildman–Crippen LogP) is 0.190. The summed E-state index contributed by atoms with van der Waals surface area (Å²) in [7, 11) is 0. The van der Waals surface area contributed by atoms with Gasteiger partial charge < -0.3 is 24.8 Å². The van der Waals surface area contributed by atoms with Crippen LogP contribution >= 0.6 is 0 Å². The van der Waals surface area contributed by atoms with Crippen molar-refractivity contribution in [2.24, 2.45) is 0 Å². The molecular formula is C27H27Cl2HfSi. The number of halogens is 2. The molecule has 0 N–H and O–H groups in total. The first-order chi connectivity index (χ1) is 14.1. The molecule has 0 heterocycles. The molecule has 0 saturated heterocycles. The Bertz CT molecular complexity index is 1060. The molecule has 3 atom stereocenters. The van der Waals surface area contributed by atoms with Gasteiger partial charge in [0.05, 0.1) is 0 Å². The fourth-order valence-corrected chi connectivity index (χ4v) is 41.9. The Hall–Kier alpha value is -1.19. The number of fused-ring (bicyclic) bond motifs is 2. The maximum atomic E-state index is 2.67. The van der Waals surface area contributed by atoms with Gasteiger partial charge in [0.15, 0.2) is 0 Å². The van der Waals surface area contributed by atoms with Crippen molar-refractivity contribution in [1.82, 2.24) is 0 Å². The Kier molecular flexibility index (Phi) is 8.02. The van der Waals surface area contributed by atoms with E-state index in [4.69, 9.17) is 0 Å². The predicted molar refractivity (Wildman–Crippen MR) is 125 cm³/mol. The van der Waals surface area contributed by atoms with Crippen molar-refractivity contribution in [1.29, 1.82) is 0 Å². The number of allylic oxidation sites excluding steroid dienone is 2. The average Bonchev–Trinajstić information content (AvgIpc) is 3.25. The van der Waals surface area contributed by atoms with E-state index in [1.54, 1.807) is 27.5 Å². The van der Waals surface area contributed by atoms with Gasteiger partial charge in [0.25, 0.3) is 0 Å². The van der Waals surface area contributed by atoms with Gasteiger partial charge in [0, 0.05) is 0 Å². The fourth-order valence-electron chi connectivity index (χ4n) is 5.44. The third-order valence-corrected chi connectivity index (χ3v) is 39.3. The van der Waals surface area contributed by atoms with E-state index >= 15 is 0 Å². The summed E-state index contributed by atoms with van der Waals surface area (Å²) in [6, 6.07) is 29.9. The van der Waals surface area contributed by atoms with E-state index in [0.29, 0.717) is 0 Å². The van der Waals surface area contributed by atoms with Gasteiger partial charge in [0.1, 0.15) is 0 Å². The second-order valence-electron chi connectivity index (χ2n) is 8.53. The molecule has 0 saturated carbocycles. The molecule has 4 heteroatoms. The SMILES string of the molecule is CC1=Cc2ccccc2[CH]1[Hf+2]([CH]1C(C)=Cc2ccccc21)[SiH](C)c1ccccc1.[Cl-].[Cl-]. The van der Waals surface area contributed by atoms with Crippen LogP contribution in [0, 0.1) is 0 Å². The Morgan fingerprint density at radius 2 is 1.03 bits per heavy atom. The van der Waals surface area contributed by atoms with E-state index in [-0.39, 0.29) is 24.8 Å². The maximum absolute atomic E-state index is 2.67. The smallest absolute Gasteiger partial charge is 1.00 e. The van der Waals surface area contributed by atoms with Gasteiger partial charge in [-0.3, -0.25) is 0 Å². The zero-order valence-corrected chi connectivity index (χ0v) is 24.4. The van der Waals surface area contributed by atoms with Crippen LogP contribution < -0.4 is 30.0 Å². The fraction of sp³-hybridized carbons (Fsp3) is 0.185. The van der Waals surface area contributed by atoms with Crippen LogP contribution in [0.5, 0.6) is 0 Å². The van der Waals surface area contributed by atoms with Crippen molar-refractivity contribution in [2.45, 2.75) is 27.7 Å². The second-order valence-corrected chi connectivity index (χ2v) is 33.2. The molecule has 0 fully saturated rings.